The first kappa shape index (κ1) is 10.7. The molecule has 0 spiro atoms. The van der Waals surface area contributed by atoms with Crippen LogP contribution >= 0.6 is 0 Å². The molecule has 0 atom stereocenters. The van der Waals surface area contributed by atoms with Crippen molar-refractivity contribution >= 4 is 5.78 Å². The second kappa shape index (κ2) is 3.79. The van der Waals surface area contributed by atoms with E-state index >= 15 is 0 Å². The minimum absolute atomic E-state index is 0.118. The van der Waals surface area contributed by atoms with Gasteiger partial charge in [-0.15, -0.1) is 0 Å². The number of nitrogens with zero attached hydrogens (tertiary/aromatic N) is 1. The largest absolute Gasteiger partial charge is 0.302 e. The topological polar surface area (TPSA) is 20.3 Å². The van der Waals surface area contributed by atoms with Gasteiger partial charge in [-0.25, -0.2) is 0 Å². The maximum atomic E-state index is 11.5. The molecule has 0 radical (unpaired) electrons. The zero-order chi connectivity index (χ0) is 10.1. The number of rotatable bonds is 2. The van der Waals surface area contributed by atoms with E-state index < -0.39 is 0 Å². The summed E-state index contributed by atoms with van der Waals surface area (Å²) in [6, 6.07) is 0. The second-order valence-electron chi connectivity index (χ2n) is 5.19. The lowest BCUT2D eigenvalue weighted by Crippen LogP contribution is -2.47. The molecule has 1 aliphatic heterocycles. The van der Waals surface area contributed by atoms with Gasteiger partial charge in [0.2, 0.25) is 0 Å². The predicted molar refractivity (Wildman–Crippen MR) is 54.7 cm³/mol. The molecule has 0 aromatic heterocycles. The van der Waals surface area contributed by atoms with Crippen molar-refractivity contribution in [1.29, 1.82) is 0 Å². The fourth-order valence-electron chi connectivity index (χ4n) is 2.00. The van der Waals surface area contributed by atoms with Gasteiger partial charge < -0.3 is 4.90 Å². The minimum Gasteiger partial charge on any atom is -0.302 e. The van der Waals surface area contributed by atoms with E-state index in [0.29, 0.717) is 11.7 Å². The molecule has 2 heteroatoms. The van der Waals surface area contributed by atoms with Crippen LogP contribution in [0.25, 0.3) is 0 Å². The molecule has 0 saturated carbocycles. The van der Waals surface area contributed by atoms with Gasteiger partial charge in [-0.05, 0) is 5.92 Å². The summed E-state index contributed by atoms with van der Waals surface area (Å²) < 4.78 is 0. The average molecular weight is 183 g/mol. The Labute approximate surface area is 81.3 Å². The number of Topliss-reactive ketones (excluding diaryl/α,β-unsaturated/α-hetero) is 1. The van der Waals surface area contributed by atoms with Crippen molar-refractivity contribution < 1.29 is 4.79 Å². The first-order chi connectivity index (χ1) is 5.92. The highest BCUT2D eigenvalue weighted by atomic mass is 16.1. The molecule has 1 heterocycles. The lowest BCUT2D eigenvalue weighted by Gasteiger charge is -2.37. The van der Waals surface area contributed by atoms with Crippen LogP contribution in [0, 0.1) is 11.3 Å². The average Bonchev–Trinajstić information content (AvgIpc) is 1.95. The van der Waals surface area contributed by atoms with Gasteiger partial charge in [-0.1, -0.05) is 27.7 Å². The maximum Gasteiger partial charge on any atom is 0.141 e. The van der Waals surface area contributed by atoms with E-state index in [0.717, 1.165) is 26.1 Å². The Bertz CT molecular complexity index is 196. The summed E-state index contributed by atoms with van der Waals surface area (Å²) in [5.41, 5.74) is -0.118. The summed E-state index contributed by atoms with van der Waals surface area (Å²) in [6.45, 7) is 11.6. The highest BCUT2D eigenvalue weighted by molar-refractivity contribution is 5.85. The van der Waals surface area contributed by atoms with Crippen LogP contribution in [0.15, 0.2) is 0 Å². The van der Waals surface area contributed by atoms with Gasteiger partial charge in [-0.2, -0.15) is 0 Å². The highest BCUT2D eigenvalue weighted by Crippen LogP contribution is 2.25. The van der Waals surface area contributed by atoms with Crippen LogP contribution < -0.4 is 0 Å². The fourth-order valence-corrected chi connectivity index (χ4v) is 2.00. The molecule has 1 fully saturated rings. The summed E-state index contributed by atoms with van der Waals surface area (Å²) in [4.78, 5) is 13.9. The van der Waals surface area contributed by atoms with Gasteiger partial charge in [-0.3, -0.25) is 4.79 Å². The number of hydrogen-bond acceptors (Lipinski definition) is 2. The first-order valence-corrected chi connectivity index (χ1v) is 5.17. The minimum atomic E-state index is -0.118. The van der Waals surface area contributed by atoms with Crippen molar-refractivity contribution in [3.05, 3.63) is 0 Å². The van der Waals surface area contributed by atoms with Crippen molar-refractivity contribution in [1.82, 2.24) is 4.90 Å². The van der Waals surface area contributed by atoms with Gasteiger partial charge >= 0.3 is 0 Å². The molecular formula is C11H21NO. The van der Waals surface area contributed by atoms with Crippen LogP contribution in [0.5, 0.6) is 0 Å². The number of likely N-dealkylation sites (tertiary alicyclic amines) is 1. The van der Waals surface area contributed by atoms with E-state index in [1.807, 2.05) is 0 Å². The molecule has 13 heavy (non-hydrogen) atoms. The molecule has 0 bridgehead atoms. The van der Waals surface area contributed by atoms with Crippen LogP contribution in [0.1, 0.15) is 34.1 Å². The van der Waals surface area contributed by atoms with Crippen LogP contribution in [-0.4, -0.2) is 30.3 Å². The van der Waals surface area contributed by atoms with Crippen LogP contribution in [-0.2, 0) is 4.79 Å². The molecule has 1 rings (SSSR count). The predicted octanol–water partition coefficient (Wildman–Crippen LogP) is 1.94. The summed E-state index contributed by atoms with van der Waals surface area (Å²) in [5.74, 6) is 1.12. The SMILES string of the molecule is CC(C)CN1CCC(=O)C(C)(C)C1. The van der Waals surface area contributed by atoms with Crippen molar-refractivity contribution in [3.63, 3.8) is 0 Å². The Balaban J connectivity index is 2.51. The monoisotopic (exact) mass is 183 g/mol. The van der Waals surface area contributed by atoms with E-state index in [1.54, 1.807) is 0 Å². The molecular weight excluding hydrogens is 162 g/mol. The zero-order valence-corrected chi connectivity index (χ0v) is 9.26. The van der Waals surface area contributed by atoms with E-state index in [-0.39, 0.29) is 5.41 Å². The van der Waals surface area contributed by atoms with E-state index in [1.165, 1.54) is 0 Å². The Kier molecular flexibility index (Phi) is 3.12. The number of piperidine rings is 1. The third-order valence-corrected chi connectivity index (χ3v) is 2.65. The maximum absolute atomic E-state index is 11.5. The number of carbonyl (C=O) groups excluding carboxylic acids is 1. The smallest absolute Gasteiger partial charge is 0.141 e. The standard InChI is InChI=1S/C11H21NO/c1-9(2)7-12-6-5-10(13)11(3,4)8-12/h9H,5-8H2,1-4H3. The van der Waals surface area contributed by atoms with E-state index in [4.69, 9.17) is 0 Å². The number of ketones is 1. The molecule has 76 valence electrons. The van der Waals surface area contributed by atoms with Crippen LogP contribution in [0.2, 0.25) is 0 Å². The molecule has 0 aromatic carbocycles. The van der Waals surface area contributed by atoms with Gasteiger partial charge in [0.15, 0.2) is 0 Å². The Morgan fingerprint density at radius 1 is 1.46 bits per heavy atom. The zero-order valence-electron chi connectivity index (χ0n) is 9.26. The number of carbonyl (C=O) groups is 1. The first-order valence-electron chi connectivity index (χ1n) is 5.17. The Hall–Kier alpha value is -0.370. The summed E-state index contributed by atoms with van der Waals surface area (Å²) in [6.07, 6.45) is 0.736. The molecule has 0 unspecified atom stereocenters. The molecule has 0 aliphatic carbocycles. The fraction of sp³-hybridized carbons (Fsp3) is 0.909. The van der Waals surface area contributed by atoms with Gasteiger partial charge in [0.1, 0.15) is 5.78 Å². The Morgan fingerprint density at radius 3 is 2.54 bits per heavy atom. The molecule has 2 nitrogen and oxygen atoms in total. The van der Waals surface area contributed by atoms with E-state index in [2.05, 4.69) is 32.6 Å². The normalized spacial score (nSPS) is 23.9. The lowest BCUT2D eigenvalue weighted by atomic mass is 9.82. The van der Waals surface area contributed by atoms with Crippen molar-refractivity contribution in [2.24, 2.45) is 11.3 Å². The van der Waals surface area contributed by atoms with Crippen molar-refractivity contribution in [2.75, 3.05) is 19.6 Å². The molecule has 1 saturated heterocycles. The molecule has 0 aromatic rings. The second-order valence-corrected chi connectivity index (χ2v) is 5.19. The molecule has 1 aliphatic rings. The molecule has 0 N–H and O–H groups in total. The Morgan fingerprint density at radius 2 is 2.08 bits per heavy atom. The van der Waals surface area contributed by atoms with Gasteiger partial charge in [0.05, 0.1) is 0 Å². The summed E-state index contributed by atoms with van der Waals surface area (Å²) >= 11 is 0. The summed E-state index contributed by atoms with van der Waals surface area (Å²) in [7, 11) is 0. The quantitative estimate of drug-likeness (QED) is 0.652. The van der Waals surface area contributed by atoms with Crippen molar-refractivity contribution in [2.45, 2.75) is 34.1 Å². The van der Waals surface area contributed by atoms with E-state index in [9.17, 15) is 4.79 Å². The van der Waals surface area contributed by atoms with Crippen molar-refractivity contribution in [3.8, 4) is 0 Å². The molecule has 0 amide bonds. The van der Waals surface area contributed by atoms with Gasteiger partial charge in [0.25, 0.3) is 0 Å². The highest BCUT2D eigenvalue weighted by Gasteiger charge is 2.33. The van der Waals surface area contributed by atoms with Gasteiger partial charge in [0, 0.05) is 31.5 Å². The lowest BCUT2D eigenvalue weighted by molar-refractivity contribution is -0.131. The summed E-state index contributed by atoms with van der Waals surface area (Å²) in [5, 5.41) is 0. The third-order valence-electron chi connectivity index (χ3n) is 2.65. The number of hydrogen-bond donors (Lipinski definition) is 0. The van der Waals surface area contributed by atoms with Crippen LogP contribution in [0.3, 0.4) is 0 Å². The third kappa shape index (κ3) is 2.80. The van der Waals surface area contributed by atoms with Crippen LogP contribution in [0.4, 0.5) is 0 Å².